The van der Waals surface area contributed by atoms with Crippen molar-refractivity contribution in [3.05, 3.63) is 65.7 Å². The van der Waals surface area contributed by atoms with Crippen molar-refractivity contribution in [2.45, 2.75) is 12.5 Å². The van der Waals surface area contributed by atoms with Crippen LogP contribution in [0.5, 0.6) is 0 Å². The summed E-state index contributed by atoms with van der Waals surface area (Å²) in [6, 6.07) is 18.0. The molecule has 0 unspecified atom stereocenters. The summed E-state index contributed by atoms with van der Waals surface area (Å²) in [6.45, 7) is 1.86. The smallest absolute Gasteiger partial charge is 0.186 e. The number of rotatable bonds is 2. The van der Waals surface area contributed by atoms with Crippen molar-refractivity contribution < 1.29 is 4.74 Å². The average Bonchev–Trinajstić information content (AvgIpc) is 2.47. The summed E-state index contributed by atoms with van der Waals surface area (Å²) in [7, 11) is 0. The van der Waals surface area contributed by atoms with Gasteiger partial charge in [0.1, 0.15) is 0 Å². The normalized spacial score (nSPS) is 21.3. The number of nitrogens with zero attached hydrogens (tertiary/aromatic N) is 1. The van der Waals surface area contributed by atoms with E-state index >= 15 is 0 Å². The van der Waals surface area contributed by atoms with E-state index in [9.17, 15) is 0 Å². The number of hydrogen-bond donors (Lipinski definition) is 0. The Morgan fingerprint density at radius 2 is 1.74 bits per heavy atom. The highest BCUT2D eigenvalue weighted by Crippen LogP contribution is 2.43. The first kappa shape index (κ1) is 12.2. The van der Waals surface area contributed by atoms with Crippen LogP contribution in [0.3, 0.4) is 0 Å². The van der Waals surface area contributed by atoms with E-state index in [0.29, 0.717) is 11.8 Å². The Morgan fingerprint density at radius 3 is 2.47 bits per heavy atom. The number of benzene rings is 2. The van der Waals surface area contributed by atoms with Gasteiger partial charge in [-0.25, -0.2) is 4.99 Å². The van der Waals surface area contributed by atoms with Gasteiger partial charge in [-0.2, -0.15) is 0 Å². The van der Waals surface area contributed by atoms with Gasteiger partial charge in [0.05, 0.1) is 11.6 Å². The van der Waals surface area contributed by atoms with Crippen LogP contribution in [0.15, 0.2) is 59.6 Å². The molecule has 0 radical (unpaired) electrons. The first-order valence-electron chi connectivity index (χ1n) is 6.21. The molecule has 0 saturated heterocycles. The largest absolute Gasteiger partial charge is 0.464 e. The lowest BCUT2D eigenvalue weighted by Gasteiger charge is -2.37. The molecule has 0 N–H and O–H groups in total. The fraction of sp³-hybridized carbons (Fsp3) is 0.188. The maximum absolute atomic E-state index is 6.28. The molecule has 96 valence electrons. The van der Waals surface area contributed by atoms with Crippen LogP contribution < -0.4 is 0 Å². The van der Waals surface area contributed by atoms with Gasteiger partial charge in [-0.1, -0.05) is 48.5 Å². The average molecular weight is 272 g/mol. The zero-order chi connectivity index (χ0) is 13.3. The van der Waals surface area contributed by atoms with Crippen LogP contribution in [0.25, 0.3) is 0 Å². The highest BCUT2D eigenvalue weighted by atomic mass is 35.5. The molecular formula is C16H14ClNO. The van der Waals surface area contributed by atoms with E-state index in [0.717, 1.165) is 16.8 Å². The Morgan fingerprint density at radius 1 is 1.05 bits per heavy atom. The third kappa shape index (κ3) is 1.92. The number of halogens is 1. The molecule has 0 saturated carbocycles. The topological polar surface area (TPSA) is 21.6 Å². The lowest BCUT2D eigenvalue weighted by atomic mass is 9.86. The summed E-state index contributed by atoms with van der Waals surface area (Å²) in [4.78, 5) is 4.45. The monoisotopic (exact) mass is 271 g/mol. The van der Waals surface area contributed by atoms with Crippen molar-refractivity contribution in [3.63, 3.8) is 0 Å². The summed E-state index contributed by atoms with van der Waals surface area (Å²) in [5.41, 5.74) is 2.34. The highest BCUT2D eigenvalue weighted by molar-refractivity contribution is 6.19. The van der Waals surface area contributed by atoms with Crippen molar-refractivity contribution in [2.24, 2.45) is 4.99 Å². The molecule has 2 aromatic carbocycles. The van der Waals surface area contributed by atoms with Gasteiger partial charge in [0.15, 0.2) is 11.5 Å². The van der Waals surface area contributed by atoms with Gasteiger partial charge in [-0.05, 0) is 6.07 Å². The minimum atomic E-state index is -0.648. The number of para-hydroxylation sites is 1. The number of aliphatic imine (C=N–C) groups is 1. The molecule has 1 aliphatic heterocycles. The molecule has 2 nitrogen and oxygen atoms in total. The van der Waals surface area contributed by atoms with Crippen LogP contribution in [0, 0.1) is 0 Å². The number of alkyl halides is 1. The quantitative estimate of drug-likeness (QED) is 0.749. The molecule has 0 aromatic heterocycles. The molecule has 1 aliphatic rings. The second-order valence-corrected chi connectivity index (χ2v) is 4.84. The van der Waals surface area contributed by atoms with E-state index in [1.54, 1.807) is 0 Å². The maximum Gasteiger partial charge on any atom is 0.186 e. The Labute approximate surface area is 117 Å². The van der Waals surface area contributed by atoms with E-state index in [4.69, 9.17) is 16.3 Å². The molecule has 0 amide bonds. The third-order valence-electron chi connectivity index (χ3n) is 3.37. The van der Waals surface area contributed by atoms with E-state index < -0.39 is 5.60 Å². The first-order chi connectivity index (χ1) is 9.26. The summed E-state index contributed by atoms with van der Waals surface area (Å²) in [6.07, 6.45) is 0. The number of hydrogen-bond acceptors (Lipinski definition) is 2. The van der Waals surface area contributed by atoms with Crippen LogP contribution in [0.1, 0.15) is 18.1 Å². The van der Waals surface area contributed by atoms with E-state index in [-0.39, 0.29) is 0 Å². The van der Waals surface area contributed by atoms with Crippen LogP contribution in [0.2, 0.25) is 0 Å². The molecule has 3 heteroatoms. The Balaban J connectivity index is 2.25. The Kier molecular flexibility index (Phi) is 3.03. The lowest BCUT2D eigenvalue weighted by molar-refractivity contribution is 0.116. The van der Waals surface area contributed by atoms with Gasteiger partial charge < -0.3 is 4.74 Å². The number of fused-ring (bicyclic) bond motifs is 1. The zero-order valence-corrected chi connectivity index (χ0v) is 11.4. The second kappa shape index (κ2) is 4.71. The molecule has 0 spiro atoms. The van der Waals surface area contributed by atoms with Gasteiger partial charge in [-0.15, -0.1) is 11.6 Å². The van der Waals surface area contributed by atoms with Gasteiger partial charge in [-0.3, -0.25) is 0 Å². The second-order valence-electron chi connectivity index (χ2n) is 4.58. The predicted octanol–water partition coefficient (Wildman–Crippen LogP) is 4.25. The number of ether oxygens (including phenoxy) is 1. The fourth-order valence-corrected chi connectivity index (χ4v) is 2.86. The minimum Gasteiger partial charge on any atom is -0.464 e. The molecule has 3 rings (SSSR count). The Hall–Kier alpha value is -1.80. The van der Waals surface area contributed by atoms with Crippen molar-refractivity contribution in [2.75, 3.05) is 5.88 Å². The molecular weight excluding hydrogens is 258 g/mol. The fourth-order valence-electron chi connectivity index (χ4n) is 2.51. The van der Waals surface area contributed by atoms with Crippen molar-refractivity contribution in [1.29, 1.82) is 0 Å². The molecule has 0 aliphatic carbocycles. The molecule has 19 heavy (non-hydrogen) atoms. The molecule has 0 bridgehead atoms. The highest BCUT2D eigenvalue weighted by Gasteiger charge is 2.40. The molecule has 1 atom stereocenters. The summed E-state index contributed by atoms with van der Waals surface area (Å²) in [5, 5.41) is 0. The van der Waals surface area contributed by atoms with Gasteiger partial charge in [0.25, 0.3) is 0 Å². The van der Waals surface area contributed by atoms with Gasteiger partial charge in [0.2, 0.25) is 0 Å². The standard InChI is InChI=1S/C16H14ClNO/c1-12-18-15-10-6-5-9-14(15)16(11-17,19-12)13-7-3-2-4-8-13/h2-10H,11H2,1H3/t16-/m0/s1. The van der Waals surface area contributed by atoms with Crippen LogP contribution in [-0.2, 0) is 10.3 Å². The van der Waals surface area contributed by atoms with Crippen molar-refractivity contribution >= 4 is 23.2 Å². The predicted molar refractivity (Wildman–Crippen MR) is 78.2 cm³/mol. The van der Waals surface area contributed by atoms with Crippen molar-refractivity contribution in [3.8, 4) is 0 Å². The maximum atomic E-state index is 6.28. The van der Waals surface area contributed by atoms with Crippen molar-refractivity contribution in [1.82, 2.24) is 0 Å². The first-order valence-corrected chi connectivity index (χ1v) is 6.75. The third-order valence-corrected chi connectivity index (χ3v) is 3.74. The lowest BCUT2D eigenvalue weighted by Crippen LogP contribution is -2.37. The van der Waals surface area contributed by atoms with Crippen LogP contribution in [-0.4, -0.2) is 11.8 Å². The summed E-state index contributed by atoms with van der Waals surface area (Å²) in [5.74, 6) is 0.990. The Bertz CT molecular complexity index is 624. The minimum absolute atomic E-state index is 0.348. The summed E-state index contributed by atoms with van der Waals surface area (Å²) < 4.78 is 6.05. The molecule has 0 fully saturated rings. The van der Waals surface area contributed by atoms with Crippen LogP contribution >= 0.6 is 11.6 Å². The zero-order valence-electron chi connectivity index (χ0n) is 10.6. The van der Waals surface area contributed by atoms with E-state index in [2.05, 4.69) is 4.99 Å². The van der Waals surface area contributed by atoms with Gasteiger partial charge >= 0.3 is 0 Å². The molecule has 1 heterocycles. The van der Waals surface area contributed by atoms with E-state index in [1.165, 1.54) is 0 Å². The SMILES string of the molecule is CC1=Nc2ccccc2[C@](CCl)(c2ccccc2)O1. The summed E-state index contributed by atoms with van der Waals surface area (Å²) >= 11 is 6.28. The van der Waals surface area contributed by atoms with Crippen LogP contribution in [0.4, 0.5) is 5.69 Å². The van der Waals surface area contributed by atoms with E-state index in [1.807, 2.05) is 61.5 Å². The van der Waals surface area contributed by atoms with Gasteiger partial charge in [0, 0.05) is 18.1 Å². The molecule has 2 aromatic rings.